The molecule has 0 aliphatic carbocycles. The Morgan fingerprint density at radius 1 is 1.16 bits per heavy atom. The standard InChI is InChI=1S/C21H15BrClN5O3/c22-11-7-15-19(27-9-11)30-17-4-2-13(28-18(29)16-3-1-12(23)10-26-16)8-14(17)21(15)5-6-25-20(24)31-21/h1-4,7-10H,5-6H2,(H2,24,25)(H,28,29)/t21-/m0/s1. The van der Waals surface area contributed by atoms with Crippen LogP contribution in [-0.2, 0) is 10.3 Å². The largest absolute Gasteiger partial charge is 0.449 e. The zero-order valence-electron chi connectivity index (χ0n) is 15.9. The first-order chi connectivity index (χ1) is 14.9. The van der Waals surface area contributed by atoms with Gasteiger partial charge in [-0.2, -0.15) is 0 Å². The molecule has 0 unspecified atom stereocenters. The number of hydrogen-bond donors (Lipinski definition) is 2. The van der Waals surface area contributed by atoms with E-state index in [1.807, 2.05) is 12.1 Å². The molecule has 2 aliphatic heterocycles. The predicted molar refractivity (Wildman–Crippen MR) is 119 cm³/mol. The maximum Gasteiger partial charge on any atom is 0.283 e. The van der Waals surface area contributed by atoms with Crippen LogP contribution in [-0.4, -0.2) is 28.4 Å². The molecule has 0 saturated heterocycles. The lowest BCUT2D eigenvalue weighted by Crippen LogP contribution is -2.42. The van der Waals surface area contributed by atoms with Crippen molar-refractivity contribution in [3.63, 3.8) is 0 Å². The van der Waals surface area contributed by atoms with Crippen molar-refractivity contribution in [1.29, 1.82) is 0 Å². The van der Waals surface area contributed by atoms with Crippen LogP contribution in [0.3, 0.4) is 0 Å². The summed E-state index contributed by atoms with van der Waals surface area (Å²) >= 11 is 9.32. The lowest BCUT2D eigenvalue weighted by atomic mass is 9.81. The zero-order valence-corrected chi connectivity index (χ0v) is 18.3. The van der Waals surface area contributed by atoms with Crippen molar-refractivity contribution in [2.24, 2.45) is 10.7 Å². The van der Waals surface area contributed by atoms with E-state index in [2.05, 4.69) is 36.2 Å². The van der Waals surface area contributed by atoms with Crippen molar-refractivity contribution in [2.45, 2.75) is 12.0 Å². The summed E-state index contributed by atoms with van der Waals surface area (Å²) in [5.74, 6) is 0.644. The zero-order chi connectivity index (χ0) is 21.6. The molecule has 4 heterocycles. The number of nitrogens with two attached hydrogens (primary N) is 1. The smallest absolute Gasteiger partial charge is 0.283 e. The second-order valence-electron chi connectivity index (χ2n) is 7.03. The van der Waals surface area contributed by atoms with Crippen LogP contribution in [0.5, 0.6) is 11.6 Å². The number of fused-ring (bicyclic) bond motifs is 4. The number of hydrogen-bond acceptors (Lipinski definition) is 7. The molecule has 0 saturated carbocycles. The Morgan fingerprint density at radius 2 is 2.03 bits per heavy atom. The Kier molecular flexibility index (Phi) is 4.79. The summed E-state index contributed by atoms with van der Waals surface area (Å²) in [5.41, 5.74) is 7.28. The number of benzene rings is 1. The number of nitrogens with zero attached hydrogens (tertiary/aromatic N) is 3. The average Bonchev–Trinajstić information content (AvgIpc) is 2.75. The topological polar surface area (TPSA) is 112 Å². The molecule has 3 aromatic rings. The molecule has 1 spiro atoms. The highest BCUT2D eigenvalue weighted by Crippen LogP contribution is 2.52. The fraction of sp³-hybridized carbons (Fsp3) is 0.143. The Morgan fingerprint density at radius 3 is 2.81 bits per heavy atom. The number of anilines is 1. The number of ether oxygens (including phenoxy) is 2. The number of carbonyl (C=O) groups excluding carboxylic acids is 1. The average molecular weight is 501 g/mol. The Labute approximate surface area is 190 Å². The molecule has 0 radical (unpaired) electrons. The molecule has 0 bridgehead atoms. The van der Waals surface area contributed by atoms with Gasteiger partial charge in [0.1, 0.15) is 11.4 Å². The summed E-state index contributed by atoms with van der Waals surface area (Å²) in [6.45, 7) is 0.475. The third-order valence-corrected chi connectivity index (χ3v) is 5.76. The Hall–Kier alpha value is -3.17. The maximum absolute atomic E-state index is 12.6. The van der Waals surface area contributed by atoms with Crippen molar-refractivity contribution in [1.82, 2.24) is 9.97 Å². The Bertz CT molecular complexity index is 1230. The summed E-state index contributed by atoms with van der Waals surface area (Å²) < 4.78 is 12.9. The number of rotatable bonds is 2. The maximum atomic E-state index is 12.6. The van der Waals surface area contributed by atoms with Gasteiger partial charge in [0.2, 0.25) is 5.88 Å². The molecule has 10 heteroatoms. The molecule has 1 aromatic carbocycles. The minimum Gasteiger partial charge on any atom is -0.449 e. The van der Waals surface area contributed by atoms with Gasteiger partial charge < -0.3 is 20.5 Å². The van der Waals surface area contributed by atoms with Crippen molar-refractivity contribution < 1.29 is 14.3 Å². The van der Waals surface area contributed by atoms with E-state index < -0.39 is 5.60 Å². The minimum absolute atomic E-state index is 0.0878. The van der Waals surface area contributed by atoms with Gasteiger partial charge in [0.15, 0.2) is 5.60 Å². The fourth-order valence-electron chi connectivity index (χ4n) is 3.73. The molecule has 0 fully saturated rings. The van der Waals surface area contributed by atoms with Gasteiger partial charge in [0.25, 0.3) is 11.9 Å². The molecule has 3 N–H and O–H groups in total. The van der Waals surface area contributed by atoms with E-state index in [-0.39, 0.29) is 17.6 Å². The SMILES string of the molecule is NC1=NCC[C@]2(O1)c1cc(NC(=O)c3ccc(Cl)cn3)ccc1Oc1ncc(Br)cc12. The number of amidine groups is 1. The number of carbonyl (C=O) groups is 1. The molecular weight excluding hydrogens is 486 g/mol. The second-order valence-corrected chi connectivity index (χ2v) is 8.39. The van der Waals surface area contributed by atoms with Gasteiger partial charge in [0.05, 0.1) is 10.6 Å². The van der Waals surface area contributed by atoms with Gasteiger partial charge in [-0.15, -0.1) is 0 Å². The van der Waals surface area contributed by atoms with Crippen LogP contribution >= 0.6 is 27.5 Å². The predicted octanol–water partition coefficient (Wildman–Crippen LogP) is 4.23. The van der Waals surface area contributed by atoms with Gasteiger partial charge in [-0.1, -0.05) is 11.6 Å². The van der Waals surface area contributed by atoms with Crippen LogP contribution in [0.1, 0.15) is 28.0 Å². The molecule has 5 rings (SSSR count). The van der Waals surface area contributed by atoms with Gasteiger partial charge in [-0.05, 0) is 52.3 Å². The molecule has 8 nitrogen and oxygen atoms in total. The van der Waals surface area contributed by atoms with E-state index >= 15 is 0 Å². The van der Waals surface area contributed by atoms with Crippen LogP contribution < -0.4 is 15.8 Å². The summed E-state index contributed by atoms with van der Waals surface area (Å²) in [5, 5.41) is 3.31. The summed E-state index contributed by atoms with van der Waals surface area (Å²) in [4.78, 5) is 25.2. The van der Waals surface area contributed by atoms with Gasteiger partial charge in [-0.25, -0.2) is 15.0 Å². The van der Waals surface area contributed by atoms with Crippen LogP contribution in [0.2, 0.25) is 5.02 Å². The first-order valence-electron chi connectivity index (χ1n) is 9.35. The van der Waals surface area contributed by atoms with E-state index in [0.717, 1.165) is 15.6 Å². The first kappa shape index (κ1) is 19.8. The summed E-state index contributed by atoms with van der Waals surface area (Å²) in [6, 6.07) is 10.5. The van der Waals surface area contributed by atoms with Crippen LogP contribution in [0.15, 0.2) is 58.3 Å². The molecule has 1 amide bonds. The lowest BCUT2D eigenvalue weighted by Gasteiger charge is -2.40. The third-order valence-electron chi connectivity index (χ3n) is 5.10. The quantitative estimate of drug-likeness (QED) is 0.545. The van der Waals surface area contributed by atoms with E-state index in [9.17, 15) is 4.79 Å². The number of halogens is 2. The van der Waals surface area contributed by atoms with E-state index in [0.29, 0.717) is 35.3 Å². The highest BCUT2D eigenvalue weighted by molar-refractivity contribution is 9.10. The highest BCUT2D eigenvalue weighted by atomic mass is 79.9. The lowest BCUT2D eigenvalue weighted by molar-refractivity contribution is 0.0625. The molecular formula is C21H15BrClN5O3. The number of aromatic nitrogens is 2. The van der Waals surface area contributed by atoms with Crippen LogP contribution in [0.4, 0.5) is 5.69 Å². The monoisotopic (exact) mass is 499 g/mol. The first-order valence-corrected chi connectivity index (χ1v) is 10.5. The molecule has 156 valence electrons. The van der Waals surface area contributed by atoms with Gasteiger partial charge in [-0.3, -0.25) is 4.79 Å². The second kappa shape index (κ2) is 7.51. The molecule has 2 aromatic heterocycles. The fourth-order valence-corrected chi connectivity index (χ4v) is 4.17. The Balaban J connectivity index is 1.57. The molecule has 31 heavy (non-hydrogen) atoms. The molecule has 1 atom stereocenters. The van der Waals surface area contributed by atoms with Crippen molar-refractivity contribution in [2.75, 3.05) is 11.9 Å². The minimum atomic E-state index is -0.940. The number of amides is 1. The van der Waals surface area contributed by atoms with E-state index in [1.165, 1.54) is 6.20 Å². The van der Waals surface area contributed by atoms with Crippen molar-refractivity contribution in [3.8, 4) is 11.6 Å². The normalized spacial score (nSPS) is 18.8. The van der Waals surface area contributed by atoms with Crippen molar-refractivity contribution >= 4 is 45.1 Å². The van der Waals surface area contributed by atoms with E-state index in [4.69, 9.17) is 26.8 Å². The van der Waals surface area contributed by atoms with E-state index in [1.54, 1.807) is 30.5 Å². The third kappa shape index (κ3) is 3.49. The van der Waals surface area contributed by atoms with Crippen molar-refractivity contribution in [3.05, 3.63) is 75.1 Å². The summed E-state index contributed by atoms with van der Waals surface area (Å²) in [7, 11) is 0. The van der Waals surface area contributed by atoms with Crippen LogP contribution in [0.25, 0.3) is 0 Å². The number of nitrogens with one attached hydrogen (secondary N) is 1. The summed E-state index contributed by atoms with van der Waals surface area (Å²) in [6.07, 6.45) is 3.61. The van der Waals surface area contributed by atoms with Gasteiger partial charge >= 0.3 is 0 Å². The highest BCUT2D eigenvalue weighted by Gasteiger charge is 2.47. The van der Waals surface area contributed by atoms with Gasteiger partial charge in [0, 0.05) is 41.1 Å². The number of aliphatic imine (C=N–C) groups is 1. The number of pyridine rings is 2. The van der Waals surface area contributed by atoms with Crippen LogP contribution in [0, 0.1) is 0 Å². The molecule has 2 aliphatic rings.